The SMILES string of the molecule is N#Cc1cc(-c2ccc3oc([C@@]4(F)CCCN(C#N)C4)nc3c2)ncn1. The number of likely N-dealkylation sites (tertiary alicyclic amines) is 1. The lowest BCUT2D eigenvalue weighted by atomic mass is 9.95. The van der Waals surface area contributed by atoms with Crippen LogP contribution >= 0.6 is 0 Å². The van der Waals surface area contributed by atoms with Gasteiger partial charge in [-0.1, -0.05) is 0 Å². The van der Waals surface area contributed by atoms with Gasteiger partial charge in [0.15, 0.2) is 11.8 Å². The van der Waals surface area contributed by atoms with Gasteiger partial charge in [0.05, 0.1) is 12.2 Å². The zero-order valence-electron chi connectivity index (χ0n) is 13.7. The fraction of sp³-hybridized carbons (Fsp3) is 0.278. The first-order valence-electron chi connectivity index (χ1n) is 8.08. The first-order valence-corrected chi connectivity index (χ1v) is 8.08. The Morgan fingerprint density at radius 3 is 2.92 bits per heavy atom. The molecule has 1 aliphatic heterocycles. The van der Waals surface area contributed by atoms with Gasteiger partial charge in [-0.15, -0.1) is 0 Å². The summed E-state index contributed by atoms with van der Waals surface area (Å²) in [6.07, 6.45) is 4.14. The van der Waals surface area contributed by atoms with Crippen molar-refractivity contribution in [1.29, 1.82) is 10.5 Å². The highest BCUT2D eigenvalue weighted by molar-refractivity contribution is 5.79. The van der Waals surface area contributed by atoms with Crippen LogP contribution in [0.3, 0.4) is 0 Å². The van der Waals surface area contributed by atoms with E-state index in [0.717, 1.165) is 5.56 Å². The van der Waals surface area contributed by atoms with Crippen LogP contribution in [-0.4, -0.2) is 32.9 Å². The predicted molar refractivity (Wildman–Crippen MR) is 89.0 cm³/mol. The maximum atomic E-state index is 15.3. The number of benzene rings is 1. The molecule has 0 bridgehead atoms. The molecule has 2 aromatic heterocycles. The minimum Gasteiger partial charge on any atom is -0.437 e. The maximum absolute atomic E-state index is 15.3. The van der Waals surface area contributed by atoms with Gasteiger partial charge >= 0.3 is 0 Å². The zero-order valence-corrected chi connectivity index (χ0v) is 13.7. The summed E-state index contributed by atoms with van der Waals surface area (Å²) in [4.78, 5) is 13.7. The molecule has 0 saturated carbocycles. The third-order valence-electron chi connectivity index (χ3n) is 4.43. The molecule has 0 radical (unpaired) electrons. The first kappa shape index (κ1) is 16.0. The molecular formula is C18H13FN6O. The topological polar surface area (TPSA) is 103 Å². The van der Waals surface area contributed by atoms with Gasteiger partial charge in [-0.2, -0.15) is 10.5 Å². The van der Waals surface area contributed by atoms with Gasteiger partial charge in [-0.25, -0.2) is 19.3 Å². The van der Waals surface area contributed by atoms with Crippen LogP contribution < -0.4 is 0 Å². The average Bonchev–Trinajstić information content (AvgIpc) is 3.12. The Bertz CT molecular complexity index is 1070. The van der Waals surface area contributed by atoms with Crippen molar-refractivity contribution in [2.75, 3.05) is 13.1 Å². The highest BCUT2D eigenvalue weighted by Crippen LogP contribution is 2.37. The smallest absolute Gasteiger partial charge is 0.235 e. The summed E-state index contributed by atoms with van der Waals surface area (Å²) in [5.41, 5.74) is 0.746. The molecule has 26 heavy (non-hydrogen) atoms. The largest absolute Gasteiger partial charge is 0.437 e. The minimum absolute atomic E-state index is 0.00926. The molecule has 3 heterocycles. The Labute approximate surface area is 148 Å². The van der Waals surface area contributed by atoms with Crippen LogP contribution in [0.25, 0.3) is 22.4 Å². The van der Waals surface area contributed by atoms with Crippen LogP contribution in [0, 0.1) is 22.8 Å². The first-order chi connectivity index (χ1) is 12.6. The molecule has 128 valence electrons. The van der Waals surface area contributed by atoms with Gasteiger partial charge in [0, 0.05) is 18.2 Å². The Hall–Kier alpha value is -3.52. The van der Waals surface area contributed by atoms with E-state index in [1.165, 1.54) is 11.2 Å². The summed E-state index contributed by atoms with van der Waals surface area (Å²) in [6, 6.07) is 8.75. The summed E-state index contributed by atoms with van der Waals surface area (Å²) >= 11 is 0. The lowest BCUT2D eigenvalue weighted by Gasteiger charge is -2.31. The lowest BCUT2D eigenvalue weighted by molar-refractivity contribution is 0.0451. The van der Waals surface area contributed by atoms with E-state index in [4.69, 9.17) is 14.9 Å². The highest BCUT2D eigenvalue weighted by Gasteiger charge is 2.41. The van der Waals surface area contributed by atoms with E-state index < -0.39 is 5.67 Å². The lowest BCUT2D eigenvalue weighted by Crippen LogP contribution is -2.41. The molecule has 0 spiro atoms. The van der Waals surface area contributed by atoms with E-state index in [9.17, 15) is 0 Å². The number of aromatic nitrogens is 3. The van der Waals surface area contributed by atoms with Crippen molar-refractivity contribution in [3.63, 3.8) is 0 Å². The molecule has 0 unspecified atom stereocenters. The highest BCUT2D eigenvalue weighted by atomic mass is 19.1. The number of nitriles is 2. The number of fused-ring (bicyclic) bond motifs is 1. The second-order valence-electron chi connectivity index (χ2n) is 6.19. The molecule has 8 heteroatoms. The summed E-state index contributed by atoms with van der Waals surface area (Å²) in [6.45, 7) is 0.488. The summed E-state index contributed by atoms with van der Waals surface area (Å²) in [7, 11) is 0. The standard InChI is InChI=1S/C18H13FN6O/c19-18(4-1-5-25(9-18)10-21)17-24-15-6-12(2-3-16(15)26-17)14-7-13(8-20)22-11-23-14/h2-3,6-7,11H,1,4-5,9H2/t18-/m1/s1. The quantitative estimate of drug-likeness (QED) is 0.656. The molecule has 1 fully saturated rings. The third-order valence-corrected chi connectivity index (χ3v) is 4.43. The van der Waals surface area contributed by atoms with Crippen molar-refractivity contribution in [2.24, 2.45) is 0 Å². The van der Waals surface area contributed by atoms with Crippen molar-refractivity contribution >= 4 is 11.1 Å². The van der Waals surface area contributed by atoms with Gasteiger partial charge in [0.2, 0.25) is 11.6 Å². The molecular weight excluding hydrogens is 335 g/mol. The van der Waals surface area contributed by atoms with Gasteiger partial charge in [-0.05, 0) is 31.0 Å². The normalized spacial score (nSPS) is 19.9. The Morgan fingerprint density at radius 1 is 1.23 bits per heavy atom. The molecule has 1 atom stereocenters. The number of halogens is 1. The van der Waals surface area contributed by atoms with Crippen molar-refractivity contribution in [2.45, 2.75) is 18.5 Å². The number of nitrogens with zero attached hydrogens (tertiary/aromatic N) is 6. The second kappa shape index (κ2) is 6.08. The van der Waals surface area contributed by atoms with Crippen LogP contribution in [0.1, 0.15) is 24.4 Å². The number of alkyl halides is 1. The summed E-state index contributed by atoms with van der Waals surface area (Å²) < 4.78 is 20.9. The Balaban J connectivity index is 1.72. The maximum Gasteiger partial charge on any atom is 0.235 e. The number of piperidine rings is 1. The van der Waals surface area contributed by atoms with Crippen LogP contribution in [0.2, 0.25) is 0 Å². The number of hydrogen-bond donors (Lipinski definition) is 0. The number of oxazole rings is 1. The van der Waals surface area contributed by atoms with E-state index in [0.29, 0.717) is 29.8 Å². The third kappa shape index (κ3) is 2.72. The van der Waals surface area contributed by atoms with Crippen molar-refractivity contribution in [3.05, 3.63) is 42.2 Å². The zero-order chi connectivity index (χ0) is 18.1. The van der Waals surface area contributed by atoms with Crippen molar-refractivity contribution < 1.29 is 8.81 Å². The van der Waals surface area contributed by atoms with E-state index >= 15 is 4.39 Å². The molecule has 4 rings (SSSR count). The van der Waals surface area contributed by atoms with E-state index in [2.05, 4.69) is 15.0 Å². The Morgan fingerprint density at radius 2 is 2.12 bits per heavy atom. The number of hydrogen-bond acceptors (Lipinski definition) is 7. The molecule has 0 amide bonds. The number of rotatable bonds is 2. The van der Waals surface area contributed by atoms with Gasteiger partial charge < -0.3 is 9.32 Å². The Kier molecular flexibility index (Phi) is 3.74. The second-order valence-corrected chi connectivity index (χ2v) is 6.19. The van der Waals surface area contributed by atoms with Gasteiger partial charge in [0.1, 0.15) is 23.6 Å². The predicted octanol–water partition coefficient (Wildman–Crippen LogP) is 2.90. The van der Waals surface area contributed by atoms with Crippen LogP contribution in [-0.2, 0) is 5.67 Å². The van der Waals surface area contributed by atoms with E-state index in [1.807, 2.05) is 12.3 Å². The molecule has 7 nitrogen and oxygen atoms in total. The van der Waals surface area contributed by atoms with Gasteiger partial charge in [0.25, 0.3) is 0 Å². The molecule has 3 aromatic rings. The molecule has 0 aliphatic carbocycles. The summed E-state index contributed by atoms with van der Waals surface area (Å²) in [5, 5.41) is 18.0. The van der Waals surface area contributed by atoms with E-state index in [-0.39, 0.29) is 24.6 Å². The average molecular weight is 348 g/mol. The van der Waals surface area contributed by atoms with Crippen LogP contribution in [0.15, 0.2) is 35.0 Å². The molecule has 1 aliphatic rings. The monoisotopic (exact) mass is 348 g/mol. The van der Waals surface area contributed by atoms with Crippen molar-refractivity contribution in [3.8, 4) is 23.5 Å². The molecule has 1 saturated heterocycles. The van der Waals surface area contributed by atoms with E-state index in [1.54, 1.807) is 24.3 Å². The fourth-order valence-electron chi connectivity index (χ4n) is 3.13. The van der Waals surface area contributed by atoms with Crippen molar-refractivity contribution in [1.82, 2.24) is 19.9 Å². The molecule has 1 aromatic carbocycles. The minimum atomic E-state index is -1.78. The fourth-order valence-corrected chi connectivity index (χ4v) is 3.13. The van der Waals surface area contributed by atoms with Gasteiger partial charge in [-0.3, -0.25) is 0 Å². The van der Waals surface area contributed by atoms with Crippen LogP contribution in [0.4, 0.5) is 4.39 Å². The summed E-state index contributed by atoms with van der Waals surface area (Å²) in [5.74, 6) is -0.00926. The molecule has 0 N–H and O–H groups in total. The van der Waals surface area contributed by atoms with Crippen LogP contribution in [0.5, 0.6) is 0 Å².